The molecule has 1 saturated heterocycles. The zero-order valence-corrected chi connectivity index (χ0v) is 13.6. The first-order valence-corrected chi connectivity index (χ1v) is 8.06. The molecule has 0 bridgehead atoms. The monoisotopic (exact) mass is 364 g/mol. The van der Waals surface area contributed by atoms with Gasteiger partial charge in [-0.1, -0.05) is 15.9 Å². The lowest BCUT2D eigenvalue weighted by Gasteiger charge is -2.31. The molecule has 0 aliphatic carbocycles. The largest absolute Gasteiger partial charge is 0.485 e. The van der Waals surface area contributed by atoms with Crippen molar-refractivity contribution in [1.82, 2.24) is 0 Å². The molecular formula is C15H21BrF2NO2+. The fourth-order valence-corrected chi connectivity index (χ4v) is 3.17. The lowest BCUT2D eigenvalue weighted by molar-refractivity contribution is -0.931. The van der Waals surface area contributed by atoms with Gasteiger partial charge >= 0.3 is 0 Å². The average molecular weight is 365 g/mol. The SMILES string of the molecule is C[C@H]1CCCC[NH+]1C[C@H](O)COc1c(F)cc(Br)cc1F. The molecule has 1 unspecified atom stereocenters. The van der Waals surface area contributed by atoms with Crippen LogP contribution in [0, 0.1) is 11.6 Å². The fraction of sp³-hybridized carbons (Fsp3) is 0.600. The molecule has 118 valence electrons. The molecule has 1 aromatic carbocycles. The number of aliphatic hydroxyl groups is 1. The number of piperidine rings is 1. The molecule has 21 heavy (non-hydrogen) atoms. The fourth-order valence-electron chi connectivity index (χ4n) is 2.76. The summed E-state index contributed by atoms with van der Waals surface area (Å²) >= 11 is 3.01. The van der Waals surface area contributed by atoms with Crippen molar-refractivity contribution >= 4 is 15.9 Å². The third kappa shape index (κ3) is 4.63. The van der Waals surface area contributed by atoms with Gasteiger partial charge in [0.05, 0.1) is 12.6 Å². The van der Waals surface area contributed by atoms with E-state index in [-0.39, 0.29) is 6.61 Å². The molecule has 0 spiro atoms. The molecule has 1 aliphatic rings. The Hall–Kier alpha value is -0.720. The van der Waals surface area contributed by atoms with E-state index in [1.807, 2.05) is 0 Å². The van der Waals surface area contributed by atoms with E-state index in [1.165, 1.54) is 11.3 Å². The number of hydrogen-bond acceptors (Lipinski definition) is 2. The molecule has 2 rings (SSSR count). The number of likely N-dealkylation sites (tertiary alicyclic amines) is 1. The standard InChI is InChI=1S/C15H20BrF2NO2/c1-10-4-2-3-5-19(10)8-12(20)9-21-15-13(17)6-11(16)7-14(15)18/h6-7,10,12,20H,2-5,8-9H2,1H3/p+1/t10-,12-/m0/s1. The van der Waals surface area contributed by atoms with Crippen LogP contribution in [0.1, 0.15) is 26.2 Å². The zero-order chi connectivity index (χ0) is 15.4. The lowest BCUT2D eigenvalue weighted by atomic mass is 10.0. The van der Waals surface area contributed by atoms with Gasteiger partial charge in [0.1, 0.15) is 19.3 Å². The summed E-state index contributed by atoms with van der Waals surface area (Å²) in [6.45, 7) is 3.63. The van der Waals surface area contributed by atoms with Gasteiger partial charge in [-0.15, -0.1) is 0 Å². The van der Waals surface area contributed by atoms with Crippen LogP contribution in [0.25, 0.3) is 0 Å². The highest BCUT2D eigenvalue weighted by molar-refractivity contribution is 9.10. The van der Waals surface area contributed by atoms with E-state index < -0.39 is 23.5 Å². The van der Waals surface area contributed by atoms with Crippen molar-refractivity contribution < 1.29 is 23.5 Å². The zero-order valence-electron chi connectivity index (χ0n) is 12.0. The summed E-state index contributed by atoms with van der Waals surface area (Å²) in [4.78, 5) is 1.33. The Kier molecular flexibility index (Phi) is 5.96. The van der Waals surface area contributed by atoms with Crippen LogP contribution >= 0.6 is 15.9 Å². The van der Waals surface area contributed by atoms with Crippen LogP contribution in [0.5, 0.6) is 5.75 Å². The highest BCUT2D eigenvalue weighted by Crippen LogP contribution is 2.25. The number of aliphatic hydroxyl groups excluding tert-OH is 1. The molecule has 0 radical (unpaired) electrons. The van der Waals surface area contributed by atoms with Gasteiger partial charge in [-0.3, -0.25) is 0 Å². The molecule has 3 nitrogen and oxygen atoms in total. The second kappa shape index (κ2) is 7.51. The Labute approximate surface area is 132 Å². The van der Waals surface area contributed by atoms with Crippen molar-refractivity contribution in [3.05, 3.63) is 28.2 Å². The van der Waals surface area contributed by atoms with Crippen molar-refractivity contribution in [2.24, 2.45) is 0 Å². The van der Waals surface area contributed by atoms with Crippen LogP contribution in [-0.4, -0.2) is 36.9 Å². The lowest BCUT2D eigenvalue weighted by Crippen LogP contribution is -3.17. The molecule has 2 N–H and O–H groups in total. The van der Waals surface area contributed by atoms with Crippen molar-refractivity contribution in [3.8, 4) is 5.75 Å². The van der Waals surface area contributed by atoms with E-state index in [0.29, 0.717) is 17.1 Å². The molecular weight excluding hydrogens is 344 g/mol. The Balaban J connectivity index is 1.88. The average Bonchev–Trinajstić information content (AvgIpc) is 2.40. The van der Waals surface area contributed by atoms with Gasteiger partial charge in [-0.2, -0.15) is 0 Å². The first kappa shape index (κ1) is 16.6. The molecule has 0 saturated carbocycles. The summed E-state index contributed by atoms with van der Waals surface area (Å²) in [6, 6.07) is 2.79. The van der Waals surface area contributed by atoms with Gasteiger partial charge in [-0.25, -0.2) is 8.78 Å². The number of rotatable bonds is 5. The van der Waals surface area contributed by atoms with Crippen LogP contribution in [0.3, 0.4) is 0 Å². The van der Waals surface area contributed by atoms with E-state index in [4.69, 9.17) is 4.74 Å². The van der Waals surface area contributed by atoms with Gasteiger partial charge in [0.15, 0.2) is 17.4 Å². The molecule has 1 aliphatic heterocycles. The van der Waals surface area contributed by atoms with Gasteiger partial charge in [0.2, 0.25) is 0 Å². The molecule has 1 aromatic rings. The highest BCUT2D eigenvalue weighted by atomic mass is 79.9. The highest BCUT2D eigenvalue weighted by Gasteiger charge is 2.25. The van der Waals surface area contributed by atoms with Gasteiger partial charge in [-0.05, 0) is 38.3 Å². The third-order valence-electron chi connectivity index (χ3n) is 3.96. The van der Waals surface area contributed by atoms with Gasteiger partial charge in [0, 0.05) is 4.47 Å². The maximum Gasteiger partial charge on any atom is 0.190 e. The smallest absolute Gasteiger partial charge is 0.190 e. The van der Waals surface area contributed by atoms with Crippen molar-refractivity contribution in [2.45, 2.75) is 38.3 Å². The van der Waals surface area contributed by atoms with Crippen LogP contribution in [-0.2, 0) is 0 Å². The molecule has 0 amide bonds. The molecule has 0 aromatic heterocycles. The Morgan fingerprint density at radius 2 is 2.05 bits per heavy atom. The number of ether oxygens (including phenoxy) is 1. The number of hydrogen-bond donors (Lipinski definition) is 2. The number of quaternary nitrogens is 1. The van der Waals surface area contributed by atoms with Crippen molar-refractivity contribution in [1.29, 1.82) is 0 Å². The second-order valence-corrected chi connectivity index (χ2v) is 6.59. The third-order valence-corrected chi connectivity index (χ3v) is 4.42. The quantitative estimate of drug-likeness (QED) is 0.836. The van der Waals surface area contributed by atoms with Gasteiger partial charge in [0.25, 0.3) is 0 Å². The maximum absolute atomic E-state index is 13.6. The van der Waals surface area contributed by atoms with Crippen LogP contribution in [0.2, 0.25) is 0 Å². The predicted molar refractivity (Wildman–Crippen MR) is 79.6 cm³/mol. The van der Waals surface area contributed by atoms with E-state index in [1.54, 1.807) is 0 Å². The van der Waals surface area contributed by atoms with Crippen LogP contribution < -0.4 is 9.64 Å². The van der Waals surface area contributed by atoms with Gasteiger partial charge < -0.3 is 14.7 Å². The minimum absolute atomic E-state index is 0.105. The number of benzene rings is 1. The maximum atomic E-state index is 13.6. The van der Waals surface area contributed by atoms with E-state index >= 15 is 0 Å². The first-order chi connectivity index (χ1) is 9.97. The Morgan fingerprint density at radius 3 is 2.67 bits per heavy atom. The summed E-state index contributed by atoms with van der Waals surface area (Å²) in [5.41, 5.74) is 0. The van der Waals surface area contributed by atoms with E-state index in [9.17, 15) is 13.9 Å². The summed E-state index contributed by atoms with van der Waals surface area (Å²) in [7, 11) is 0. The Bertz CT molecular complexity index is 464. The number of halogens is 3. The van der Waals surface area contributed by atoms with Crippen LogP contribution in [0.4, 0.5) is 8.78 Å². The van der Waals surface area contributed by atoms with E-state index in [2.05, 4.69) is 22.9 Å². The van der Waals surface area contributed by atoms with Crippen molar-refractivity contribution in [2.75, 3.05) is 19.7 Å². The summed E-state index contributed by atoms with van der Waals surface area (Å²) in [5.74, 6) is -1.97. The first-order valence-electron chi connectivity index (χ1n) is 7.27. The minimum Gasteiger partial charge on any atom is -0.485 e. The molecule has 1 fully saturated rings. The molecule has 6 heteroatoms. The summed E-state index contributed by atoms with van der Waals surface area (Å²) < 4.78 is 32.6. The predicted octanol–water partition coefficient (Wildman–Crippen LogP) is 1.92. The molecule has 3 atom stereocenters. The van der Waals surface area contributed by atoms with Crippen LogP contribution in [0.15, 0.2) is 16.6 Å². The number of nitrogens with one attached hydrogen (secondary N) is 1. The summed E-state index contributed by atoms with van der Waals surface area (Å²) in [6.07, 6.45) is 2.80. The summed E-state index contributed by atoms with van der Waals surface area (Å²) in [5, 5.41) is 10.0. The van der Waals surface area contributed by atoms with Crippen molar-refractivity contribution in [3.63, 3.8) is 0 Å². The minimum atomic E-state index is -0.771. The Morgan fingerprint density at radius 1 is 1.38 bits per heavy atom. The topological polar surface area (TPSA) is 33.9 Å². The second-order valence-electron chi connectivity index (χ2n) is 5.67. The van der Waals surface area contributed by atoms with E-state index in [0.717, 1.165) is 31.5 Å². The normalized spacial score (nSPS) is 23.9. The molecule has 1 heterocycles.